The van der Waals surface area contributed by atoms with Crippen molar-refractivity contribution in [2.75, 3.05) is 36.1 Å². The number of alkyl halides is 5. The maximum absolute atomic E-state index is 14.0. The molecular formula is C28H34F5N5O5S. The lowest BCUT2D eigenvalue weighted by atomic mass is 10.0. The summed E-state index contributed by atoms with van der Waals surface area (Å²) >= 11 is 0. The molecule has 3 rings (SSSR count). The third-order valence-corrected chi connectivity index (χ3v) is 8.14. The van der Waals surface area contributed by atoms with Gasteiger partial charge in [0.25, 0.3) is 11.8 Å². The van der Waals surface area contributed by atoms with Gasteiger partial charge in [-0.05, 0) is 57.9 Å². The Bertz CT molecular complexity index is 1550. The van der Waals surface area contributed by atoms with E-state index in [2.05, 4.69) is 20.0 Å². The molecule has 44 heavy (non-hydrogen) atoms. The lowest BCUT2D eigenvalue weighted by Gasteiger charge is -2.26. The van der Waals surface area contributed by atoms with Gasteiger partial charge in [0.05, 0.1) is 20.9 Å². The molecule has 0 saturated carbocycles. The highest BCUT2D eigenvalue weighted by atomic mass is 32.2. The Labute approximate surface area is 251 Å². The fourth-order valence-electron chi connectivity index (χ4n) is 4.41. The van der Waals surface area contributed by atoms with Crippen LogP contribution in [0.5, 0.6) is 0 Å². The molecule has 2 heterocycles. The smallest absolute Gasteiger partial charge is 0.418 e. The lowest BCUT2D eigenvalue weighted by Crippen LogP contribution is -2.35. The first kappa shape index (κ1) is 34.7. The van der Waals surface area contributed by atoms with E-state index in [-0.39, 0.29) is 35.9 Å². The molecule has 1 saturated heterocycles. The van der Waals surface area contributed by atoms with Crippen LogP contribution < -0.4 is 15.5 Å². The quantitative estimate of drug-likeness (QED) is 0.380. The van der Waals surface area contributed by atoms with Crippen LogP contribution in [0.4, 0.5) is 38.3 Å². The fraction of sp³-hybridized carbons (Fsp3) is 0.500. The molecule has 1 aliphatic heterocycles. The molecule has 0 bridgehead atoms. The van der Waals surface area contributed by atoms with Crippen LogP contribution in [0.1, 0.15) is 61.5 Å². The van der Waals surface area contributed by atoms with Gasteiger partial charge in [-0.15, -0.1) is 0 Å². The average molecular weight is 648 g/mol. The molecular weight excluding hydrogens is 613 g/mol. The first-order valence-electron chi connectivity index (χ1n) is 13.5. The maximum Gasteiger partial charge on any atom is 0.418 e. The molecule has 2 aromatic rings. The number of anilines is 2. The summed E-state index contributed by atoms with van der Waals surface area (Å²) in [5.74, 6) is -5.04. The number of nitrogens with one attached hydrogen (secondary N) is 2. The number of amides is 3. The van der Waals surface area contributed by atoms with Crippen molar-refractivity contribution in [2.45, 2.75) is 69.6 Å². The van der Waals surface area contributed by atoms with Gasteiger partial charge in [0, 0.05) is 49.0 Å². The molecule has 1 fully saturated rings. The van der Waals surface area contributed by atoms with Gasteiger partial charge < -0.3 is 20.3 Å². The predicted octanol–water partition coefficient (Wildman–Crippen LogP) is 5.79. The summed E-state index contributed by atoms with van der Waals surface area (Å²) in [6.45, 7) is 5.22. The predicted molar refractivity (Wildman–Crippen MR) is 153 cm³/mol. The summed E-state index contributed by atoms with van der Waals surface area (Å²) in [5.41, 5.74) is -2.83. The minimum atomic E-state index is -4.84. The molecule has 1 aliphatic rings. The van der Waals surface area contributed by atoms with Gasteiger partial charge in [0.2, 0.25) is 5.92 Å². The van der Waals surface area contributed by atoms with Crippen LogP contribution >= 0.6 is 0 Å². The van der Waals surface area contributed by atoms with Crippen LogP contribution in [0.15, 0.2) is 39.7 Å². The Kier molecular flexibility index (Phi) is 10.3. The summed E-state index contributed by atoms with van der Waals surface area (Å²) < 4.78 is 91.2. The minimum absolute atomic E-state index is 0.00906. The SMILES string of the molecule is Cc1c(C(F)(F)F)cnc(N2CCCC(F)(F)CC2)c1C(=O)Nc1cccc([S@@](C)(=O)=NC(=O)CNC(=O)OC(C)(C)C)c1. The summed E-state index contributed by atoms with van der Waals surface area (Å²) in [7, 11) is -3.40. The van der Waals surface area contributed by atoms with Gasteiger partial charge in [0.1, 0.15) is 18.0 Å². The number of rotatable bonds is 6. The van der Waals surface area contributed by atoms with Crippen molar-refractivity contribution >= 4 is 39.1 Å². The molecule has 2 N–H and O–H groups in total. The lowest BCUT2D eigenvalue weighted by molar-refractivity contribution is -0.138. The van der Waals surface area contributed by atoms with Crippen molar-refractivity contribution in [3.63, 3.8) is 0 Å². The zero-order valence-corrected chi connectivity index (χ0v) is 25.6. The first-order valence-corrected chi connectivity index (χ1v) is 15.4. The Morgan fingerprint density at radius 2 is 1.82 bits per heavy atom. The Balaban J connectivity index is 1.90. The van der Waals surface area contributed by atoms with Crippen molar-refractivity contribution in [1.82, 2.24) is 10.3 Å². The summed E-state index contributed by atoms with van der Waals surface area (Å²) in [6.07, 6.45) is -4.90. The van der Waals surface area contributed by atoms with Crippen LogP contribution in [0.25, 0.3) is 0 Å². The van der Waals surface area contributed by atoms with Crippen molar-refractivity contribution < 1.29 is 45.3 Å². The normalized spacial score (nSPS) is 16.7. The van der Waals surface area contributed by atoms with Crippen molar-refractivity contribution in [2.24, 2.45) is 4.36 Å². The van der Waals surface area contributed by atoms with Crippen molar-refractivity contribution in [3.05, 3.63) is 47.2 Å². The molecule has 0 radical (unpaired) electrons. The van der Waals surface area contributed by atoms with Crippen molar-refractivity contribution in [1.29, 1.82) is 0 Å². The monoisotopic (exact) mass is 647 g/mol. The second-order valence-electron chi connectivity index (χ2n) is 11.3. The van der Waals surface area contributed by atoms with E-state index < -0.39 is 81.4 Å². The van der Waals surface area contributed by atoms with Gasteiger partial charge in [-0.1, -0.05) is 6.07 Å². The Morgan fingerprint density at radius 1 is 1.14 bits per heavy atom. The fourth-order valence-corrected chi connectivity index (χ4v) is 5.64. The van der Waals surface area contributed by atoms with Crippen LogP contribution in [-0.2, 0) is 25.4 Å². The Hall–Kier alpha value is -3.82. The highest BCUT2D eigenvalue weighted by Crippen LogP contribution is 2.37. The van der Waals surface area contributed by atoms with E-state index >= 15 is 0 Å². The van der Waals surface area contributed by atoms with Gasteiger partial charge in [-0.3, -0.25) is 9.59 Å². The highest BCUT2D eigenvalue weighted by molar-refractivity contribution is 7.93. The van der Waals surface area contributed by atoms with Crippen LogP contribution in [0.3, 0.4) is 0 Å². The van der Waals surface area contributed by atoms with Gasteiger partial charge >= 0.3 is 12.3 Å². The number of alkyl carbamates (subject to hydrolysis) is 1. The largest absolute Gasteiger partial charge is 0.444 e. The number of pyridine rings is 1. The average Bonchev–Trinajstić information content (AvgIpc) is 3.05. The summed E-state index contributed by atoms with van der Waals surface area (Å²) in [5, 5.41) is 4.68. The van der Waals surface area contributed by atoms with Crippen LogP contribution in [0.2, 0.25) is 0 Å². The van der Waals surface area contributed by atoms with E-state index in [4.69, 9.17) is 4.74 Å². The second-order valence-corrected chi connectivity index (χ2v) is 13.6. The molecule has 1 aromatic carbocycles. The number of hydrogen-bond acceptors (Lipinski definition) is 7. The molecule has 16 heteroatoms. The highest BCUT2D eigenvalue weighted by Gasteiger charge is 2.38. The molecule has 10 nitrogen and oxygen atoms in total. The minimum Gasteiger partial charge on any atom is -0.444 e. The first-order chi connectivity index (χ1) is 20.2. The van der Waals surface area contributed by atoms with E-state index in [1.807, 2.05) is 0 Å². The van der Waals surface area contributed by atoms with Crippen LogP contribution in [-0.4, -0.2) is 64.5 Å². The van der Waals surface area contributed by atoms with E-state index in [9.17, 15) is 40.5 Å². The van der Waals surface area contributed by atoms with E-state index in [0.29, 0.717) is 6.20 Å². The van der Waals surface area contributed by atoms with Crippen molar-refractivity contribution in [3.8, 4) is 0 Å². The maximum atomic E-state index is 14.0. The number of hydrogen-bond donors (Lipinski definition) is 2. The molecule has 3 amide bonds. The third-order valence-electron chi connectivity index (χ3n) is 6.46. The third kappa shape index (κ3) is 9.34. The molecule has 0 spiro atoms. The van der Waals surface area contributed by atoms with Gasteiger partial charge in [-0.2, -0.15) is 17.5 Å². The summed E-state index contributed by atoms with van der Waals surface area (Å²) in [6, 6.07) is 5.38. The van der Waals surface area contributed by atoms with Gasteiger partial charge in [-0.25, -0.2) is 22.8 Å². The van der Waals surface area contributed by atoms with Crippen LogP contribution in [0, 0.1) is 6.92 Å². The molecule has 0 unspecified atom stereocenters. The summed E-state index contributed by atoms with van der Waals surface area (Å²) in [4.78, 5) is 42.9. The topological polar surface area (TPSA) is 130 Å². The number of nitrogens with zero attached hydrogens (tertiary/aromatic N) is 3. The van der Waals surface area contributed by atoms with E-state index in [0.717, 1.165) is 13.2 Å². The van der Waals surface area contributed by atoms with E-state index in [1.54, 1.807) is 20.8 Å². The van der Waals surface area contributed by atoms with Gasteiger partial charge in [0.15, 0.2) is 0 Å². The molecule has 0 aliphatic carbocycles. The number of benzene rings is 1. The molecule has 1 aromatic heterocycles. The number of carbonyl (C=O) groups is 3. The number of ether oxygens (including phenoxy) is 1. The number of aromatic nitrogens is 1. The zero-order valence-electron chi connectivity index (χ0n) is 24.8. The molecule has 1 atom stereocenters. The zero-order chi connectivity index (χ0) is 33.1. The standard InChI is InChI=1S/C28H34F5N5O5S/c1-17-20(28(31,32)33)15-34-23(38-12-7-10-27(29,30)11-13-38)22(17)24(40)36-18-8-6-9-19(14-18)44(5,42)37-21(39)16-35-25(41)43-26(2,3)4/h6,8-9,14-15H,7,10-13,16H2,1-5H3,(H,35,41)(H,36,40)/t44-/m1/s1. The number of halogens is 5. The Morgan fingerprint density at radius 3 is 2.45 bits per heavy atom. The second kappa shape index (κ2) is 13.0. The number of carbonyl (C=O) groups excluding carboxylic acids is 3. The van der Waals surface area contributed by atoms with E-state index in [1.165, 1.54) is 29.2 Å². The molecule has 242 valence electrons.